The summed E-state index contributed by atoms with van der Waals surface area (Å²) in [6.07, 6.45) is 1.10. The number of hydrogen-bond donors (Lipinski definition) is 1. The number of carbonyl (C=O) groups is 2. The molecule has 0 radical (unpaired) electrons. The zero-order valence-electron chi connectivity index (χ0n) is 22.5. The van der Waals surface area contributed by atoms with Crippen LogP contribution < -0.4 is 4.74 Å². The monoisotopic (exact) mass is 540 g/mol. The molecule has 9 nitrogen and oxygen atoms in total. The van der Waals surface area contributed by atoms with E-state index in [1.807, 2.05) is 60.4 Å². The van der Waals surface area contributed by atoms with E-state index < -0.39 is 5.97 Å². The molecule has 2 saturated heterocycles. The normalized spacial score (nSPS) is 17.5. The molecule has 1 aromatic heterocycles. The molecule has 1 atom stereocenters. The molecule has 4 aromatic rings. The highest BCUT2D eigenvalue weighted by Crippen LogP contribution is 2.25. The standard InChI is InChI=1S/C31H32N4O5/c1-21-3-2-4-25(17-21)40-24-8-5-22(6-9-24)30(36)34-14-12-33(13-15-34)20-29-32-27-10-7-23(31(37)38)18-28(27)35(29)19-26-11-16-39-26/h2-10,17-18,26H,11-16,19-20H2,1H3,(H,37,38)/t26-/m0/s1. The molecule has 6 rings (SSSR count). The quantitative estimate of drug-likeness (QED) is 0.349. The Morgan fingerprint density at radius 3 is 2.40 bits per heavy atom. The van der Waals surface area contributed by atoms with Crippen LogP contribution in [0.15, 0.2) is 66.7 Å². The zero-order chi connectivity index (χ0) is 27.6. The molecule has 0 spiro atoms. The van der Waals surface area contributed by atoms with Crippen molar-refractivity contribution >= 4 is 22.9 Å². The van der Waals surface area contributed by atoms with Crippen molar-refractivity contribution < 1.29 is 24.2 Å². The molecular weight excluding hydrogens is 508 g/mol. The second-order valence-corrected chi connectivity index (χ2v) is 10.4. The minimum atomic E-state index is -0.953. The molecule has 0 saturated carbocycles. The molecule has 206 valence electrons. The Morgan fingerprint density at radius 1 is 0.975 bits per heavy atom. The van der Waals surface area contributed by atoms with Crippen molar-refractivity contribution in [3.63, 3.8) is 0 Å². The van der Waals surface area contributed by atoms with Gasteiger partial charge in [0.25, 0.3) is 5.91 Å². The SMILES string of the molecule is Cc1cccc(Oc2ccc(C(=O)N3CCN(Cc4nc5ccc(C(=O)O)cc5n4C[C@@H]4CCO4)CC3)cc2)c1. The van der Waals surface area contributed by atoms with Gasteiger partial charge in [-0.05, 0) is 73.5 Å². The van der Waals surface area contributed by atoms with E-state index in [-0.39, 0.29) is 17.6 Å². The second kappa shape index (κ2) is 11.1. The van der Waals surface area contributed by atoms with Crippen LogP contribution in [0.4, 0.5) is 0 Å². The lowest BCUT2D eigenvalue weighted by molar-refractivity contribution is -0.0592. The number of rotatable bonds is 8. The number of piperazine rings is 1. The van der Waals surface area contributed by atoms with E-state index in [2.05, 4.69) is 9.47 Å². The van der Waals surface area contributed by atoms with Gasteiger partial charge < -0.3 is 24.0 Å². The molecule has 40 heavy (non-hydrogen) atoms. The van der Waals surface area contributed by atoms with Crippen LogP contribution in [0.5, 0.6) is 11.5 Å². The third-order valence-electron chi connectivity index (χ3n) is 7.60. The molecule has 0 bridgehead atoms. The Kier molecular flexibility index (Phi) is 7.23. The van der Waals surface area contributed by atoms with E-state index in [0.29, 0.717) is 37.5 Å². The molecule has 3 aromatic carbocycles. The molecule has 1 N–H and O–H groups in total. The van der Waals surface area contributed by atoms with Gasteiger partial charge in [0.15, 0.2) is 0 Å². The van der Waals surface area contributed by atoms with Gasteiger partial charge in [0.05, 0.1) is 35.8 Å². The molecule has 2 aliphatic heterocycles. The maximum Gasteiger partial charge on any atom is 0.335 e. The number of aromatic carboxylic acids is 1. The number of aromatic nitrogens is 2. The van der Waals surface area contributed by atoms with Crippen LogP contribution in [0.1, 0.15) is 38.5 Å². The lowest BCUT2D eigenvalue weighted by Gasteiger charge is -2.35. The number of carbonyl (C=O) groups excluding carboxylic acids is 1. The number of benzene rings is 3. The largest absolute Gasteiger partial charge is 0.478 e. The first kappa shape index (κ1) is 26.0. The molecule has 1 amide bonds. The number of hydrogen-bond acceptors (Lipinski definition) is 6. The highest BCUT2D eigenvalue weighted by Gasteiger charge is 2.26. The molecule has 2 aliphatic rings. The number of carboxylic acid groups (broad SMARTS) is 1. The number of fused-ring (bicyclic) bond motifs is 1. The summed E-state index contributed by atoms with van der Waals surface area (Å²) in [5.41, 5.74) is 3.61. The van der Waals surface area contributed by atoms with E-state index in [9.17, 15) is 14.7 Å². The average Bonchev–Trinajstić information content (AvgIpc) is 3.27. The molecule has 3 heterocycles. The molecule has 2 fully saturated rings. The van der Waals surface area contributed by atoms with Crippen molar-refractivity contribution in [2.24, 2.45) is 0 Å². The van der Waals surface area contributed by atoms with Crippen LogP contribution in [0.2, 0.25) is 0 Å². The fourth-order valence-electron chi connectivity index (χ4n) is 5.23. The molecular formula is C31H32N4O5. The van der Waals surface area contributed by atoms with Gasteiger partial charge >= 0.3 is 5.97 Å². The van der Waals surface area contributed by atoms with E-state index in [1.54, 1.807) is 18.2 Å². The fourth-order valence-corrected chi connectivity index (χ4v) is 5.23. The smallest absolute Gasteiger partial charge is 0.335 e. The van der Waals surface area contributed by atoms with E-state index >= 15 is 0 Å². The Labute approximate surface area is 232 Å². The van der Waals surface area contributed by atoms with Gasteiger partial charge in [-0.25, -0.2) is 9.78 Å². The molecule has 9 heteroatoms. The predicted molar refractivity (Wildman–Crippen MR) is 150 cm³/mol. The summed E-state index contributed by atoms with van der Waals surface area (Å²) in [6.45, 7) is 6.74. The summed E-state index contributed by atoms with van der Waals surface area (Å²) >= 11 is 0. The third-order valence-corrected chi connectivity index (χ3v) is 7.60. The molecule has 0 unspecified atom stereocenters. The van der Waals surface area contributed by atoms with Gasteiger partial charge in [-0.15, -0.1) is 0 Å². The van der Waals surface area contributed by atoms with Gasteiger partial charge in [-0.1, -0.05) is 12.1 Å². The first-order valence-corrected chi connectivity index (χ1v) is 13.6. The van der Waals surface area contributed by atoms with Crippen LogP contribution >= 0.6 is 0 Å². The third kappa shape index (κ3) is 5.57. The lowest BCUT2D eigenvalue weighted by atomic mass is 10.1. The van der Waals surface area contributed by atoms with Gasteiger partial charge in [-0.2, -0.15) is 0 Å². The number of amides is 1. The summed E-state index contributed by atoms with van der Waals surface area (Å²) in [7, 11) is 0. The first-order valence-electron chi connectivity index (χ1n) is 13.6. The van der Waals surface area contributed by atoms with Crippen molar-refractivity contribution in [2.75, 3.05) is 32.8 Å². The van der Waals surface area contributed by atoms with Crippen molar-refractivity contribution in [2.45, 2.75) is 32.5 Å². The van der Waals surface area contributed by atoms with Crippen LogP contribution in [0.3, 0.4) is 0 Å². The first-order chi connectivity index (χ1) is 19.4. The summed E-state index contributed by atoms with van der Waals surface area (Å²) in [5.74, 6) is 1.41. The van der Waals surface area contributed by atoms with Crippen molar-refractivity contribution in [3.8, 4) is 11.5 Å². The van der Waals surface area contributed by atoms with Gasteiger partial charge in [0.1, 0.15) is 17.3 Å². The fraction of sp³-hybridized carbons (Fsp3) is 0.323. The second-order valence-electron chi connectivity index (χ2n) is 10.4. The van der Waals surface area contributed by atoms with Gasteiger partial charge in [0.2, 0.25) is 0 Å². The Balaban J connectivity index is 1.09. The maximum absolute atomic E-state index is 13.2. The van der Waals surface area contributed by atoms with E-state index in [1.165, 1.54) is 0 Å². The summed E-state index contributed by atoms with van der Waals surface area (Å²) in [4.78, 5) is 33.8. The Hall–Kier alpha value is -4.21. The van der Waals surface area contributed by atoms with Crippen LogP contribution in [0, 0.1) is 6.92 Å². The number of nitrogens with zero attached hydrogens (tertiary/aromatic N) is 4. The predicted octanol–water partition coefficient (Wildman–Crippen LogP) is 4.58. The minimum absolute atomic E-state index is 0.0114. The van der Waals surface area contributed by atoms with Crippen molar-refractivity contribution in [1.82, 2.24) is 19.4 Å². The van der Waals surface area contributed by atoms with Crippen LogP contribution in [-0.2, 0) is 17.8 Å². The maximum atomic E-state index is 13.2. The Morgan fingerprint density at radius 2 is 1.73 bits per heavy atom. The average molecular weight is 541 g/mol. The summed E-state index contributed by atoms with van der Waals surface area (Å²) in [5, 5.41) is 9.48. The van der Waals surface area contributed by atoms with Crippen LogP contribution in [-0.4, -0.2) is 75.2 Å². The van der Waals surface area contributed by atoms with Crippen molar-refractivity contribution in [1.29, 1.82) is 0 Å². The lowest BCUT2D eigenvalue weighted by Crippen LogP contribution is -2.48. The molecule has 0 aliphatic carbocycles. The number of carboxylic acids is 1. The number of imidazole rings is 1. The number of ether oxygens (including phenoxy) is 2. The van der Waals surface area contributed by atoms with E-state index in [0.717, 1.165) is 54.3 Å². The highest BCUT2D eigenvalue weighted by molar-refractivity contribution is 5.94. The summed E-state index contributed by atoms with van der Waals surface area (Å²) in [6, 6.07) is 20.2. The topological polar surface area (TPSA) is 97.1 Å². The van der Waals surface area contributed by atoms with Crippen molar-refractivity contribution in [3.05, 3.63) is 89.2 Å². The van der Waals surface area contributed by atoms with E-state index in [4.69, 9.17) is 14.5 Å². The summed E-state index contributed by atoms with van der Waals surface area (Å²) < 4.78 is 13.7. The number of aryl methyl sites for hydroxylation is 1. The Bertz CT molecular complexity index is 1540. The highest BCUT2D eigenvalue weighted by atomic mass is 16.5. The minimum Gasteiger partial charge on any atom is -0.478 e. The zero-order valence-corrected chi connectivity index (χ0v) is 22.5. The van der Waals surface area contributed by atoms with Gasteiger partial charge in [0, 0.05) is 38.3 Å². The van der Waals surface area contributed by atoms with Crippen LogP contribution in [0.25, 0.3) is 11.0 Å². The van der Waals surface area contributed by atoms with Gasteiger partial charge in [-0.3, -0.25) is 9.69 Å².